The number of rotatable bonds is 1. The number of nitrogens with one attached hydrogen (secondary N) is 1. The molecule has 74 valence electrons. The van der Waals surface area contributed by atoms with Gasteiger partial charge in [0.1, 0.15) is 0 Å². The van der Waals surface area contributed by atoms with E-state index < -0.39 is 0 Å². The Morgan fingerprint density at radius 1 is 1.29 bits per heavy atom. The Morgan fingerprint density at radius 3 is 2.64 bits per heavy atom. The van der Waals surface area contributed by atoms with Crippen LogP contribution in [0.15, 0.2) is 24.3 Å². The number of anilines is 1. The fourth-order valence-electron chi connectivity index (χ4n) is 1.82. The van der Waals surface area contributed by atoms with Crippen molar-refractivity contribution in [3.05, 3.63) is 29.8 Å². The van der Waals surface area contributed by atoms with Crippen LogP contribution in [0.5, 0.6) is 0 Å². The summed E-state index contributed by atoms with van der Waals surface area (Å²) >= 11 is 0. The summed E-state index contributed by atoms with van der Waals surface area (Å²) in [4.78, 5) is 11.6. The number of piperidine rings is 1. The van der Waals surface area contributed by atoms with Crippen molar-refractivity contribution in [3.8, 4) is 0 Å². The van der Waals surface area contributed by atoms with Crippen LogP contribution < -0.4 is 11.1 Å². The predicted molar refractivity (Wildman–Crippen MR) is 56.1 cm³/mol. The number of nitrogens with two attached hydrogens (primary N) is 1. The van der Waals surface area contributed by atoms with Gasteiger partial charge in [0.2, 0.25) is 0 Å². The number of Topliss-reactive ketones (excluding diaryl/α,β-unsaturated/α-hetero) is 1. The van der Waals surface area contributed by atoms with Crippen LogP contribution in [0.25, 0.3) is 0 Å². The van der Waals surface area contributed by atoms with E-state index in [9.17, 15) is 4.79 Å². The van der Waals surface area contributed by atoms with E-state index in [0.717, 1.165) is 24.2 Å². The molecule has 14 heavy (non-hydrogen) atoms. The second-order valence-corrected chi connectivity index (χ2v) is 3.65. The zero-order valence-corrected chi connectivity index (χ0v) is 7.99. The molecule has 0 radical (unpaired) electrons. The van der Waals surface area contributed by atoms with Gasteiger partial charge in [-0.15, -0.1) is 0 Å². The summed E-state index contributed by atoms with van der Waals surface area (Å²) in [5.74, 6) is 0.345. The Balaban J connectivity index is 2.20. The Hall–Kier alpha value is -1.35. The lowest BCUT2D eigenvalue weighted by Crippen LogP contribution is -2.35. The molecule has 2 rings (SSSR count). The van der Waals surface area contributed by atoms with Crippen LogP contribution in [0, 0.1) is 0 Å². The van der Waals surface area contributed by atoms with Crippen LogP contribution in [0.3, 0.4) is 0 Å². The van der Waals surface area contributed by atoms with Crippen molar-refractivity contribution in [1.29, 1.82) is 0 Å². The summed E-state index contributed by atoms with van der Waals surface area (Å²) in [5, 5.41) is 3.07. The number of ketones is 1. The standard InChI is InChI=1S/C11H14N2O/c12-9-3-1-8(2-4-9)10-5-6-13-7-11(10)14/h1-4,10,13H,5-7,12H2. The molecule has 0 aromatic heterocycles. The molecule has 0 spiro atoms. The number of carbonyl (C=O) groups is 1. The third-order valence-electron chi connectivity index (χ3n) is 2.64. The van der Waals surface area contributed by atoms with Gasteiger partial charge >= 0.3 is 0 Å². The molecule has 1 aliphatic heterocycles. The van der Waals surface area contributed by atoms with Crippen LogP contribution in [0.4, 0.5) is 5.69 Å². The molecule has 1 aromatic carbocycles. The Labute approximate surface area is 83.3 Å². The summed E-state index contributed by atoms with van der Waals surface area (Å²) < 4.78 is 0. The number of hydrogen-bond donors (Lipinski definition) is 2. The van der Waals surface area contributed by atoms with Gasteiger partial charge in [-0.3, -0.25) is 4.79 Å². The molecule has 3 heteroatoms. The van der Waals surface area contributed by atoms with Crippen molar-refractivity contribution in [2.24, 2.45) is 0 Å². The minimum absolute atomic E-state index is 0.0665. The highest BCUT2D eigenvalue weighted by atomic mass is 16.1. The van der Waals surface area contributed by atoms with Gasteiger partial charge in [0, 0.05) is 11.6 Å². The molecule has 1 saturated heterocycles. The van der Waals surface area contributed by atoms with Gasteiger partial charge in [0.15, 0.2) is 5.78 Å². The van der Waals surface area contributed by atoms with E-state index in [0.29, 0.717) is 6.54 Å². The van der Waals surface area contributed by atoms with Gasteiger partial charge in [-0.05, 0) is 30.7 Å². The number of hydrogen-bond acceptors (Lipinski definition) is 3. The Kier molecular flexibility index (Phi) is 2.50. The quantitative estimate of drug-likeness (QED) is 0.647. The normalized spacial score (nSPS) is 22.3. The largest absolute Gasteiger partial charge is 0.399 e. The molecule has 1 fully saturated rings. The first-order valence-corrected chi connectivity index (χ1v) is 4.86. The van der Waals surface area contributed by atoms with E-state index >= 15 is 0 Å². The van der Waals surface area contributed by atoms with Gasteiger partial charge in [-0.1, -0.05) is 12.1 Å². The highest BCUT2D eigenvalue weighted by Crippen LogP contribution is 2.23. The number of carbonyl (C=O) groups excluding carboxylic acids is 1. The fraction of sp³-hybridized carbons (Fsp3) is 0.364. The first-order chi connectivity index (χ1) is 6.77. The number of nitrogen functional groups attached to an aromatic ring is 1. The van der Waals surface area contributed by atoms with Crippen LogP contribution in [0.2, 0.25) is 0 Å². The molecule has 1 atom stereocenters. The van der Waals surface area contributed by atoms with Gasteiger partial charge in [0.25, 0.3) is 0 Å². The lowest BCUT2D eigenvalue weighted by Gasteiger charge is -2.21. The van der Waals surface area contributed by atoms with Crippen molar-refractivity contribution in [1.82, 2.24) is 5.32 Å². The number of benzene rings is 1. The molecule has 0 aliphatic carbocycles. The molecule has 3 nitrogen and oxygen atoms in total. The molecule has 0 bridgehead atoms. The van der Waals surface area contributed by atoms with E-state index in [1.807, 2.05) is 24.3 Å². The molecular weight excluding hydrogens is 176 g/mol. The third kappa shape index (κ3) is 1.77. The smallest absolute Gasteiger partial charge is 0.154 e. The second-order valence-electron chi connectivity index (χ2n) is 3.65. The molecule has 1 aromatic rings. The summed E-state index contributed by atoms with van der Waals surface area (Å²) in [6.07, 6.45) is 0.892. The third-order valence-corrected chi connectivity index (χ3v) is 2.64. The fourth-order valence-corrected chi connectivity index (χ4v) is 1.82. The highest BCUT2D eigenvalue weighted by Gasteiger charge is 2.22. The van der Waals surface area contributed by atoms with Crippen molar-refractivity contribution in [2.45, 2.75) is 12.3 Å². The molecule has 1 unspecified atom stereocenters. The Morgan fingerprint density at radius 2 is 2.00 bits per heavy atom. The summed E-state index contributed by atoms with van der Waals surface area (Å²) in [5.41, 5.74) is 7.43. The zero-order chi connectivity index (χ0) is 9.97. The minimum atomic E-state index is 0.0665. The van der Waals surface area contributed by atoms with Crippen LogP contribution in [0.1, 0.15) is 17.9 Å². The van der Waals surface area contributed by atoms with E-state index in [1.165, 1.54) is 0 Å². The predicted octanol–water partition coefficient (Wildman–Crippen LogP) is 0.915. The van der Waals surface area contributed by atoms with Gasteiger partial charge < -0.3 is 11.1 Å². The van der Waals surface area contributed by atoms with Gasteiger partial charge in [-0.25, -0.2) is 0 Å². The van der Waals surface area contributed by atoms with E-state index in [1.54, 1.807) is 0 Å². The first kappa shape index (κ1) is 9.21. The molecule has 1 heterocycles. The van der Waals surface area contributed by atoms with E-state index in [4.69, 9.17) is 5.73 Å². The Bertz CT molecular complexity index is 332. The maximum atomic E-state index is 11.6. The molecule has 3 N–H and O–H groups in total. The lowest BCUT2D eigenvalue weighted by atomic mass is 9.89. The highest BCUT2D eigenvalue weighted by molar-refractivity contribution is 5.88. The van der Waals surface area contributed by atoms with Crippen LogP contribution in [-0.2, 0) is 4.79 Å². The average Bonchev–Trinajstić information content (AvgIpc) is 2.20. The first-order valence-electron chi connectivity index (χ1n) is 4.86. The van der Waals surface area contributed by atoms with Crippen LogP contribution in [-0.4, -0.2) is 18.9 Å². The van der Waals surface area contributed by atoms with Crippen molar-refractivity contribution in [3.63, 3.8) is 0 Å². The molecule has 1 aliphatic rings. The molecule has 0 amide bonds. The second kappa shape index (κ2) is 3.80. The topological polar surface area (TPSA) is 55.1 Å². The van der Waals surface area contributed by atoms with Crippen LogP contribution >= 0.6 is 0 Å². The monoisotopic (exact) mass is 190 g/mol. The minimum Gasteiger partial charge on any atom is -0.399 e. The van der Waals surface area contributed by atoms with Gasteiger partial charge in [0.05, 0.1) is 6.54 Å². The van der Waals surface area contributed by atoms with E-state index in [-0.39, 0.29) is 11.7 Å². The molecule has 0 saturated carbocycles. The van der Waals surface area contributed by atoms with Crippen molar-refractivity contribution >= 4 is 11.5 Å². The summed E-state index contributed by atoms with van der Waals surface area (Å²) in [6.45, 7) is 1.41. The maximum Gasteiger partial charge on any atom is 0.154 e. The molecular formula is C11H14N2O. The SMILES string of the molecule is Nc1ccc(C2CCNCC2=O)cc1. The summed E-state index contributed by atoms with van der Waals surface area (Å²) in [6, 6.07) is 7.60. The average molecular weight is 190 g/mol. The summed E-state index contributed by atoms with van der Waals surface area (Å²) in [7, 11) is 0. The van der Waals surface area contributed by atoms with Crippen molar-refractivity contribution in [2.75, 3.05) is 18.8 Å². The maximum absolute atomic E-state index is 11.6. The van der Waals surface area contributed by atoms with E-state index in [2.05, 4.69) is 5.32 Å². The van der Waals surface area contributed by atoms with Crippen molar-refractivity contribution < 1.29 is 4.79 Å². The zero-order valence-electron chi connectivity index (χ0n) is 7.99. The van der Waals surface area contributed by atoms with Gasteiger partial charge in [-0.2, -0.15) is 0 Å². The lowest BCUT2D eigenvalue weighted by molar-refractivity contribution is -0.120.